The molecule has 0 unspecified atom stereocenters. The molecular weight excluding hydrogens is 411 g/mol. The molecule has 0 spiro atoms. The Morgan fingerprint density at radius 1 is 0.871 bits per heavy atom. The number of rotatable bonds is 5. The van der Waals surface area contributed by atoms with Crippen molar-refractivity contribution < 1.29 is 4.39 Å². The lowest BCUT2D eigenvalue weighted by molar-refractivity contribution is 0.627. The van der Waals surface area contributed by atoms with Crippen molar-refractivity contribution >= 4 is 28.5 Å². The summed E-state index contributed by atoms with van der Waals surface area (Å²) in [7, 11) is 0. The second-order valence-corrected chi connectivity index (χ2v) is 7.53. The minimum atomic E-state index is -0.278. The van der Waals surface area contributed by atoms with Gasteiger partial charge < -0.3 is 9.88 Å². The summed E-state index contributed by atoms with van der Waals surface area (Å²) in [5.41, 5.74) is 4.58. The van der Waals surface area contributed by atoms with Gasteiger partial charge in [0.05, 0.1) is 5.39 Å². The molecule has 31 heavy (non-hydrogen) atoms. The van der Waals surface area contributed by atoms with E-state index < -0.39 is 0 Å². The number of halogens is 2. The fourth-order valence-corrected chi connectivity index (χ4v) is 3.85. The Labute approximate surface area is 184 Å². The molecule has 0 aliphatic carbocycles. The van der Waals surface area contributed by atoms with Crippen molar-refractivity contribution in [1.29, 1.82) is 0 Å². The zero-order chi connectivity index (χ0) is 21.2. The van der Waals surface area contributed by atoms with Crippen molar-refractivity contribution in [2.24, 2.45) is 0 Å². The highest BCUT2D eigenvalue weighted by Gasteiger charge is 2.17. The van der Waals surface area contributed by atoms with Crippen molar-refractivity contribution in [3.05, 3.63) is 108 Å². The molecule has 0 bridgehead atoms. The second-order valence-electron chi connectivity index (χ2n) is 7.12. The maximum Gasteiger partial charge on any atom is 0.150 e. The average Bonchev–Trinajstić information content (AvgIpc) is 3.20. The Balaban J connectivity index is 1.66. The minimum Gasteiger partial charge on any atom is -0.365 e. The number of anilines is 1. The molecule has 0 saturated heterocycles. The van der Waals surface area contributed by atoms with Crippen molar-refractivity contribution in [1.82, 2.24) is 14.5 Å². The third-order valence-corrected chi connectivity index (χ3v) is 5.55. The molecule has 0 atom stereocenters. The fourth-order valence-electron chi connectivity index (χ4n) is 3.65. The Bertz CT molecular complexity index is 1350. The van der Waals surface area contributed by atoms with Crippen LogP contribution in [-0.4, -0.2) is 14.5 Å². The van der Waals surface area contributed by atoms with E-state index in [1.807, 2.05) is 53.2 Å². The number of nitrogens with one attached hydrogen (secondary N) is 1. The van der Waals surface area contributed by atoms with E-state index in [1.165, 1.54) is 18.5 Å². The first-order valence-electron chi connectivity index (χ1n) is 9.85. The molecule has 6 heteroatoms. The highest BCUT2D eigenvalue weighted by Crippen LogP contribution is 2.35. The van der Waals surface area contributed by atoms with E-state index in [0.29, 0.717) is 17.4 Å². The van der Waals surface area contributed by atoms with Gasteiger partial charge in [0.15, 0.2) is 5.65 Å². The zero-order valence-corrected chi connectivity index (χ0v) is 17.2. The van der Waals surface area contributed by atoms with E-state index in [0.717, 1.165) is 33.4 Å². The number of aromatic nitrogens is 3. The van der Waals surface area contributed by atoms with Gasteiger partial charge in [0.1, 0.15) is 18.0 Å². The van der Waals surface area contributed by atoms with Gasteiger partial charge in [-0.15, -0.1) is 0 Å². The van der Waals surface area contributed by atoms with Crippen LogP contribution in [0.15, 0.2) is 91.4 Å². The Kier molecular flexibility index (Phi) is 5.10. The molecule has 0 saturated carbocycles. The van der Waals surface area contributed by atoms with Crippen LogP contribution in [0.3, 0.4) is 0 Å². The lowest BCUT2D eigenvalue weighted by atomic mass is 10.1. The molecule has 5 rings (SSSR count). The number of hydrogen-bond donors (Lipinski definition) is 1. The van der Waals surface area contributed by atoms with Gasteiger partial charge in [-0.05, 0) is 41.5 Å². The molecule has 2 aromatic heterocycles. The Hall–Kier alpha value is -3.70. The van der Waals surface area contributed by atoms with E-state index in [-0.39, 0.29) is 5.82 Å². The second kappa shape index (κ2) is 8.20. The standard InChI is InChI=1S/C25H18ClFN4/c26-22-9-5-4-8-18(22)14-28-24-23-21(17-6-2-1-3-7-17)15-31(25(23)30-16-29-24)20-12-10-19(27)11-13-20/h1-13,15-16H,14H2,(H,28,29,30). The minimum absolute atomic E-state index is 0.278. The van der Waals surface area contributed by atoms with E-state index in [1.54, 1.807) is 12.1 Å². The predicted octanol–water partition coefficient (Wildman–Crippen LogP) is 6.49. The Morgan fingerprint density at radius 2 is 1.61 bits per heavy atom. The summed E-state index contributed by atoms with van der Waals surface area (Å²) in [4.78, 5) is 9.07. The van der Waals surface area contributed by atoms with Gasteiger partial charge in [-0.2, -0.15) is 0 Å². The number of fused-ring (bicyclic) bond motifs is 1. The lowest BCUT2D eigenvalue weighted by Crippen LogP contribution is -2.03. The largest absolute Gasteiger partial charge is 0.365 e. The van der Waals surface area contributed by atoms with Crippen LogP contribution >= 0.6 is 11.6 Å². The maximum atomic E-state index is 13.5. The van der Waals surface area contributed by atoms with Crippen LogP contribution in [0, 0.1) is 5.82 Å². The van der Waals surface area contributed by atoms with Gasteiger partial charge in [-0.25, -0.2) is 14.4 Å². The Morgan fingerprint density at radius 3 is 2.39 bits per heavy atom. The summed E-state index contributed by atoms with van der Waals surface area (Å²) < 4.78 is 15.4. The van der Waals surface area contributed by atoms with Crippen molar-refractivity contribution in [2.75, 3.05) is 5.32 Å². The van der Waals surface area contributed by atoms with E-state index in [9.17, 15) is 4.39 Å². The molecule has 0 aliphatic heterocycles. The van der Waals surface area contributed by atoms with Crippen molar-refractivity contribution in [3.63, 3.8) is 0 Å². The first-order valence-corrected chi connectivity index (χ1v) is 10.2. The summed E-state index contributed by atoms with van der Waals surface area (Å²) in [6.45, 7) is 0.530. The molecule has 4 nitrogen and oxygen atoms in total. The lowest BCUT2D eigenvalue weighted by Gasteiger charge is -2.10. The van der Waals surface area contributed by atoms with Crippen molar-refractivity contribution in [3.8, 4) is 16.8 Å². The molecule has 1 N–H and O–H groups in total. The monoisotopic (exact) mass is 428 g/mol. The van der Waals surface area contributed by atoms with Crippen LogP contribution in [0.5, 0.6) is 0 Å². The molecule has 2 heterocycles. The number of hydrogen-bond acceptors (Lipinski definition) is 3. The predicted molar refractivity (Wildman–Crippen MR) is 123 cm³/mol. The normalized spacial score (nSPS) is 11.0. The van der Waals surface area contributed by atoms with Gasteiger partial charge >= 0.3 is 0 Å². The third kappa shape index (κ3) is 3.76. The van der Waals surface area contributed by atoms with Crippen molar-refractivity contribution in [2.45, 2.75) is 6.54 Å². The van der Waals surface area contributed by atoms with Crippen LogP contribution < -0.4 is 5.32 Å². The number of benzene rings is 3. The summed E-state index contributed by atoms with van der Waals surface area (Å²) in [5, 5.41) is 5.01. The topological polar surface area (TPSA) is 42.7 Å². The van der Waals surface area contributed by atoms with Gasteiger partial charge in [0.2, 0.25) is 0 Å². The van der Waals surface area contributed by atoms with Crippen LogP contribution in [0.25, 0.3) is 27.8 Å². The molecule has 3 aromatic carbocycles. The molecule has 0 aliphatic rings. The smallest absolute Gasteiger partial charge is 0.150 e. The molecule has 0 amide bonds. The van der Waals surface area contributed by atoms with Crippen LogP contribution in [0.2, 0.25) is 5.02 Å². The molecule has 0 fully saturated rings. The zero-order valence-electron chi connectivity index (χ0n) is 16.5. The highest BCUT2D eigenvalue weighted by molar-refractivity contribution is 6.31. The average molecular weight is 429 g/mol. The molecule has 152 valence electrons. The van der Waals surface area contributed by atoms with E-state index in [4.69, 9.17) is 11.6 Å². The fraction of sp³-hybridized carbons (Fsp3) is 0.0400. The van der Waals surface area contributed by atoms with Crippen LogP contribution in [0.4, 0.5) is 10.2 Å². The molecule has 5 aromatic rings. The quantitative estimate of drug-likeness (QED) is 0.348. The summed E-state index contributed by atoms with van der Waals surface area (Å²) >= 11 is 6.33. The van der Waals surface area contributed by atoms with E-state index >= 15 is 0 Å². The molecule has 0 radical (unpaired) electrons. The van der Waals surface area contributed by atoms with Crippen LogP contribution in [-0.2, 0) is 6.54 Å². The first kappa shape index (κ1) is 19.3. The van der Waals surface area contributed by atoms with Gasteiger partial charge in [-0.3, -0.25) is 0 Å². The van der Waals surface area contributed by atoms with Gasteiger partial charge in [0.25, 0.3) is 0 Å². The number of nitrogens with zero attached hydrogens (tertiary/aromatic N) is 3. The van der Waals surface area contributed by atoms with Gasteiger partial charge in [-0.1, -0.05) is 60.1 Å². The summed E-state index contributed by atoms with van der Waals surface area (Å²) in [6.07, 6.45) is 3.55. The SMILES string of the molecule is Fc1ccc(-n2cc(-c3ccccc3)c3c(NCc4ccccc4Cl)ncnc32)cc1. The van der Waals surface area contributed by atoms with Crippen LogP contribution in [0.1, 0.15) is 5.56 Å². The molecular formula is C25H18ClFN4. The maximum absolute atomic E-state index is 13.5. The van der Waals surface area contributed by atoms with Gasteiger partial charge in [0, 0.05) is 29.0 Å². The van der Waals surface area contributed by atoms with E-state index in [2.05, 4.69) is 27.4 Å². The third-order valence-electron chi connectivity index (χ3n) is 5.18. The summed E-state index contributed by atoms with van der Waals surface area (Å²) in [5.74, 6) is 0.435. The highest BCUT2D eigenvalue weighted by atomic mass is 35.5. The first-order chi connectivity index (χ1) is 15.2. The summed E-state index contributed by atoms with van der Waals surface area (Å²) in [6, 6.07) is 24.2.